The molecule has 19 nitrogen and oxygen atoms in total. The summed E-state index contributed by atoms with van der Waals surface area (Å²) in [5, 5.41) is 12.3. The van der Waals surface area contributed by atoms with Gasteiger partial charge >= 0.3 is 12.0 Å². The molecule has 1 aromatic carbocycles. The molecule has 53 heavy (non-hydrogen) atoms. The molecule has 0 fully saturated rings. The van der Waals surface area contributed by atoms with Crippen molar-refractivity contribution in [1.29, 1.82) is 0 Å². The Kier molecular flexibility index (Phi) is 17.5. The van der Waals surface area contributed by atoms with Crippen molar-refractivity contribution in [1.82, 2.24) is 26.2 Å². The number of primary amides is 1. The fourth-order valence-electron chi connectivity index (χ4n) is 4.98. The summed E-state index contributed by atoms with van der Waals surface area (Å²) < 4.78 is 38.0. The minimum atomic E-state index is -4.79. The lowest BCUT2D eigenvalue weighted by atomic mass is 10.0. The lowest BCUT2D eigenvalue weighted by Crippen LogP contribution is -2.59. The first kappa shape index (κ1) is 43.8. The summed E-state index contributed by atoms with van der Waals surface area (Å²) in [6.45, 7) is 4.67. The second-order valence-electron chi connectivity index (χ2n) is 12.5. The molecule has 1 aromatic rings. The molecule has 2 rings (SSSR count). The van der Waals surface area contributed by atoms with Gasteiger partial charge in [0.05, 0.1) is 0 Å². The zero-order valence-corrected chi connectivity index (χ0v) is 30.5. The molecule has 1 heterocycles. The molecule has 0 saturated heterocycles. The first-order chi connectivity index (χ1) is 24.9. The summed E-state index contributed by atoms with van der Waals surface area (Å²) in [6.07, 6.45) is 3.47. The fraction of sp³-hybridized carbons (Fsp3) is 0.515. The third kappa shape index (κ3) is 16.7. The fourth-order valence-corrected chi connectivity index (χ4v) is 5.64. The Balaban J connectivity index is 2.08. The molecular formula is C33H47N7O12S. The Morgan fingerprint density at radius 1 is 0.849 bits per heavy atom. The van der Waals surface area contributed by atoms with Crippen molar-refractivity contribution in [3.63, 3.8) is 0 Å². The molecule has 1 aliphatic rings. The highest BCUT2D eigenvalue weighted by Gasteiger charge is 2.33. The number of unbranched alkanes of at least 4 members (excludes halogenated alkanes) is 2. The van der Waals surface area contributed by atoms with E-state index in [1.54, 1.807) is 38.1 Å². The average Bonchev–Trinajstić information content (AvgIpc) is 3.38. The van der Waals surface area contributed by atoms with Crippen LogP contribution in [0, 0.1) is 5.92 Å². The maximum atomic E-state index is 13.5. The van der Waals surface area contributed by atoms with Crippen LogP contribution in [0.15, 0.2) is 36.4 Å². The number of nitrogens with two attached hydrogens (primary N) is 1. The molecule has 0 saturated carbocycles. The third-order valence-corrected chi connectivity index (χ3v) is 8.48. The standard InChI is InChI=1S/C33H47N7O12S/c1-20(2)29(39-31(46)25(19-53(49,50)51)37-26(42)9-5-4-6-17-40-27(43)14-15-28(40)44)32(47)38-24(8-7-16-35-33(34)48)30(45)36-23-12-10-22(11-13-23)18-52-21(3)41/h10-15,20,24-25,29H,4-9,16-19H2,1-3H3,(H,36,45)(H,37,42)(H,38,47)(H,39,46)(H3,34,35,48)(H,49,50,51)/t24-,25-,29?/m0/s1. The quantitative estimate of drug-likeness (QED) is 0.0344. The van der Waals surface area contributed by atoms with E-state index >= 15 is 0 Å². The average molecular weight is 766 g/mol. The van der Waals surface area contributed by atoms with Gasteiger partial charge in [0.1, 0.15) is 30.5 Å². The molecule has 20 heteroatoms. The number of urea groups is 1. The number of nitrogens with one attached hydrogen (secondary N) is 5. The van der Waals surface area contributed by atoms with Gasteiger partial charge in [-0.15, -0.1) is 0 Å². The normalized spacial score (nSPS) is 14.2. The Morgan fingerprint density at radius 3 is 2.06 bits per heavy atom. The Hall–Kier alpha value is -5.37. The second kappa shape index (κ2) is 21.2. The van der Waals surface area contributed by atoms with E-state index in [-0.39, 0.29) is 45.4 Å². The molecule has 1 aliphatic heterocycles. The number of anilines is 1. The van der Waals surface area contributed by atoms with Crippen LogP contribution in [0.2, 0.25) is 0 Å². The number of imide groups is 1. The predicted molar refractivity (Wildman–Crippen MR) is 189 cm³/mol. The number of hydrogen-bond donors (Lipinski definition) is 7. The SMILES string of the molecule is CC(=O)OCc1ccc(NC(=O)[C@H](CCCNC(N)=O)NC(=O)C(NC(=O)[C@H](CS(=O)(=O)O)NC(=O)CCCCCN2C(=O)C=CC2=O)C(C)C)cc1. The molecule has 3 atom stereocenters. The Labute approximate surface area is 306 Å². The van der Waals surface area contributed by atoms with E-state index in [1.165, 1.54) is 6.92 Å². The van der Waals surface area contributed by atoms with Gasteiger partial charge in [-0.25, -0.2) is 4.79 Å². The second-order valence-corrected chi connectivity index (χ2v) is 14.0. The minimum Gasteiger partial charge on any atom is -0.461 e. The molecule has 0 spiro atoms. The monoisotopic (exact) mass is 765 g/mol. The zero-order chi connectivity index (χ0) is 39.7. The van der Waals surface area contributed by atoms with E-state index < -0.39 is 87.4 Å². The van der Waals surface area contributed by atoms with Crippen molar-refractivity contribution in [2.24, 2.45) is 11.7 Å². The molecule has 292 valence electrons. The van der Waals surface area contributed by atoms with Crippen LogP contribution in [0.4, 0.5) is 10.5 Å². The third-order valence-electron chi connectivity index (χ3n) is 7.73. The Bertz CT molecular complexity index is 1630. The van der Waals surface area contributed by atoms with E-state index in [2.05, 4.69) is 26.6 Å². The highest BCUT2D eigenvalue weighted by atomic mass is 32.2. The lowest BCUT2D eigenvalue weighted by molar-refractivity contribution is -0.142. The van der Waals surface area contributed by atoms with Crippen LogP contribution in [0.5, 0.6) is 0 Å². The zero-order valence-electron chi connectivity index (χ0n) is 29.7. The molecule has 1 unspecified atom stereocenters. The number of carbonyl (C=O) groups excluding carboxylic acids is 8. The van der Waals surface area contributed by atoms with Crippen LogP contribution in [0.3, 0.4) is 0 Å². The maximum absolute atomic E-state index is 13.5. The first-order valence-electron chi connectivity index (χ1n) is 16.8. The van der Waals surface area contributed by atoms with Crippen LogP contribution < -0.4 is 32.3 Å². The van der Waals surface area contributed by atoms with Gasteiger partial charge in [-0.1, -0.05) is 32.4 Å². The maximum Gasteiger partial charge on any atom is 0.312 e. The number of esters is 1. The van der Waals surface area contributed by atoms with Crippen LogP contribution in [0.1, 0.15) is 64.9 Å². The van der Waals surface area contributed by atoms with E-state index in [0.29, 0.717) is 24.1 Å². The summed E-state index contributed by atoms with van der Waals surface area (Å²) >= 11 is 0. The van der Waals surface area contributed by atoms with Gasteiger partial charge in [-0.05, 0) is 49.3 Å². The summed E-state index contributed by atoms with van der Waals surface area (Å²) in [4.78, 5) is 99.4. The molecular weight excluding hydrogens is 718 g/mol. The first-order valence-corrected chi connectivity index (χ1v) is 18.4. The number of amides is 8. The van der Waals surface area contributed by atoms with E-state index in [9.17, 15) is 51.3 Å². The Morgan fingerprint density at radius 2 is 1.49 bits per heavy atom. The highest BCUT2D eigenvalue weighted by molar-refractivity contribution is 7.85. The molecule has 0 aromatic heterocycles. The summed E-state index contributed by atoms with van der Waals surface area (Å²) in [6, 6.07) is 1.24. The largest absolute Gasteiger partial charge is 0.461 e. The van der Waals surface area contributed by atoms with Gasteiger partial charge in [0.15, 0.2) is 0 Å². The van der Waals surface area contributed by atoms with E-state index in [0.717, 1.165) is 17.1 Å². The van der Waals surface area contributed by atoms with Crippen molar-refractivity contribution in [2.45, 2.75) is 84.0 Å². The van der Waals surface area contributed by atoms with Crippen LogP contribution >= 0.6 is 0 Å². The molecule has 0 aliphatic carbocycles. The van der Waals surface area contributed by atoms with Gasteiger partial charge in [-0.2, -0.15) is 8.42 Å². The number of hydrogen-bond acceptors (Lipinski definition) is 11. The van der Waals surface area contributed by atoms with Gasteiger partial charge in [-0.3, -0.25) is 43.0 Å². The van der Waals surface area contributed by atoms with Gasteiger partial charge in [0, 0.05) is 44.3 Å². The number of benzene rings is 1. The van der Waals surface area contributed by atoms with Crippen LogP contribution in [-0.4, -0.2) is 102 Å². The van der Waals surface area contributed by atoms with Crippen molar-refractivity contribution in [2.75, 3.05) is 24.2 Å². The predicted octanol–water partition coefficient (Wildman–Crippen LogP) is -0.380. The minimum absolute atomic E-state index is 0.0180. The molecule has 0 radical (unpaired) electrons. The summed E-state index contributed by atoms with van der Waals surface area (Å²) in [5.41, 5.74) is 6.12. The number of rotatable bonds is 22. The van der Waals surface area contributed by atoms with Crippen molar-refractivity contribution in [3.05, 3.63) is 42.0 Å². The van der Waals surface area contributed by atoms with Crippen molar-refractivity contribution >= 4 is 63.2 Å². The van der Waals surface area contributed by atoms with Crippen LogP contribution in [-0.2, 0) is 55.0 Å². The number of ether oxygens (including phenoxy) is 1. The topological polar surface area (TPSA) is 290 Å². The summed E-state index contributed by atoms with van der Waals surface area (Å²) in [7, 11) is -4.79. The smallest absolute Gasteiger partial charge is 0.312 e. The van der Waals surface area contributed by atoms with Crippen LogP contribution in [0.25, 0.3) is 0 Å². The molecule has 8 amide bonds. The molecule has 8 N–H and O–H groups in total. The highest BCUT2D eigenvalue weighted by Crippen LogP contribution is 2.13. The van der Waals surface area contributed by atoms with Gasteiger partial charge < -0.3 is 37.1 Å². The number of carbonyl (C=O) groups is 8. The lowest BCUT2D eigenvalue weighted by Gasteiger charge is -2.27. The van der Waals surface area contributed by atoms with Gasteiger partial charge in [0.2, 0.25) is 23.6 Å². The van der Waals surface area contributed by atoms with Gasteiger partial charge in [0.25, 0.3) is 21.9 Å². The van der Waals surface area contributed by atoms with Crippen molar-refractivity contribution < 1.29 is 56.1 Å². The van der Waals surface area contributed by atoms with Crippen molar-refractivity contribution in [3.8, 4) is 0 Å². The van der Waals surface area contributed by atoms with E-state index in [1.807, 2.05) is 0 Å². The summed E-state index contributed by atoms with van der Waals surface area (Å²) in [5.74, 6) is -6.43. The van der Waals surface area contributed by atoms with E-state index in [4.69, 9.17) is 10.5 Å². The number of nitrogens with zero attached hydrogens (tertiary/aromatic N) is 1. The molecule has 0 bridgehead atoms.